The largest absolute Gasteiger partial charge is 0.237 e. The van der Waals surface area contributed by atoms with Crippen molar-refractivity contribution in [1.82, 2.24) is 9.97 Å². The van der Waals surface area contributed by atoms with Crippen LogP contribution < -0.4 is 0 Å². The Morgan fingerprint density at radius 3 is 2.57 bits per heavy atom. The van der Waals surface area contributed by atoms with Crippen LogP contribution in [0, 0.1) is 18.3 Å². The summed E-state index contributed by atoms with van der Waals surface area (Å²) in [5, 5.41) is 10.4. The van der Waals surface area contributed by atoms with Crippen LogP contribution in [-0.2, 0) is 0 Å². The first-order valence-corrected chi connectivity index (χ1v) is 8.52. The Bertz CT molecular complexity index is 751. The maximum absolute atomic E-state index is 9.56. The van der Waals surface area contributed by atoms with E-state index in [9.17, 15) is 5.26 Å². The lowest BCUT2D eigenvalue weighted by atomic mass is 9.97. The zero-order chi connectivity index (χ0) is 17.0. The summed E-state index contributed by atoms with van der Waals surface area (Å²) in [6.07, 6.45) is 3.03. The molecule has 0 aliphatic rings. The molecule has 2 aromatic rings. The minimum absolute atomic E-state index is 0.273. The minimum atomic E-state index is 0.273. The fraction of sp³-hybridized carbons (Fsp3) is 0.389. The van der Waals surface area contributed by atoms with E-state index in [4.69, 9.17) is 23.2 Å². The average Bonchev–Trinajstić information content (AvgIpc) is 2.55. The average molecular weight is 348 g/mol. The van der Waals surface area contributed by atoms with Crippen LogP contribution >= 0.6 is 23.2 Å². The molecule has 0 aliphatic heterocycles. The lowest BCUT2D eigenvalue weighted by Gasteiger charge is -2.16. The first kappa shape index (κ1) is 17.7. The first-order chi connectivity index (χ1) is 11.0. The normalized spacial score (nSPS) is 12.0. The van der Waals surface area contributed by atoms with E-state index < -0.39 is 0 Å². The third kappa shape index (κ3) is 3.65. The zero-order valence-corrected chi connectivity index (χ0v) is 15.0. The number of aryl methyl sites for hydroxylation is 1. The molecular weight excluding hydrogens is 329 g/mol. The van der Waals surface area contributed by atoms with Gasteiger partial charge in [0.1, 0.15) is 11.9 Å². The van der Waals surface area contributed by atoms with E-state index in [1.807, 2.05) is 19.1 Å². The molecule has 1 atom stereocenters. The van der Waals surface area contributed by atoms with Crippen molar-refractivity contribution >= 4 is 23.2 Å². The molecule has 2 rings (SSSR count). The predicted octanol–water partition coefficient (Wildman–Crippen LogP) is 5.92. The SMILES string of the molecule is CCCC(CC)c1nc(C)c(-c2cccc(Cl)c2Cl)c(C#N)n1. The second kappa shape index (κ2) is 7.77. The van der Waals surface area contributed by atoms with Crippen LogP contribution in [0.3, 0.4) is 0 Å². The highest BCUT2D eigenvalue weighted by Gasteiger charge is 2.20. The molecule has 1 heterocycles. The maximum atomic E-state index is 9.56. The molecule has 0 fully saturated rings. The summed E-state index contributed by atoms with van der Waals surface area (Å²) in [7, 11) is 0. The van der Waals surface area contributed by atoms with Crippen molar-refractivity contribution in [2.45, 2.75) is 46.0 Å². The number of nitriles is 1. The van der Waals surface area contributed by atoms with Gasteiger partial charge in [-0.15, -0.1) is 0 Å². The van der Waals surface area contributed by atoms with E-state index in [0.29, 0.717) is 26.9 Å². The number of benzene rings is 1. The molecule has 5 heteroatoms. The molecule has 0 saturated heterocycles. The van der Waals surface area contributed by atoms with Crippen molar-refractivity contribution in [3.05, 3.63) is 45.5 Å². The molecule has 1 unspecified atom stereocenters. The van der Waals surface area contributed by atoms with Crippen LogP contribution in [-0.4, -0.2) is 9.97 Å². The maximum Gasteiger partial charge on any atom is 0.152 e. The molecule has 1 aromatic carbocycles. The monoisotopic (exact) mass is 347 g/mol. The van der Waals surface area contributed by atoms with E-state index in [0.717, 1.165) is 30.8 Å². The van der Waals surface area contributed by atoms with E-state index in [1.54, 1.807) is 6.07 Å². The fourth-order valence-electron chi connectivity index (χ4n) is 2.74. The van der Waals surface area contributed by atoms with Crippen LogP contribution in [0.25, 0.3) is 11.1 Å². The van der Waals surface area contributed by atoms with Crippen molar-refractivity contribution in [3.63, 3.8) is 0 Å². The zero-order valence-electron chi connectivity index (χ0n) is 13.5. The molecule has 120 valence electrons. The standard InChI is InChI=1S/C18H19Cl2N3/c1-4-7-12(5-2)18-22-11(3)16(15(10-21)23-18)13-8-6-9-14(19)17(13)20/h6,8-9,12H,4-5,7H2,1-3H3. The van der Waals surface area contributed by atoms with E-state index in [-0.39, 0.29) is 5.92 Å². The Morgan fingerprint density at radius 1 is 1.22 bits per heavy atom. The van der Waals surface area contributed by atoms with Crippen LogP contribution in [0.1, 0.15) is 56.2 Å². The summed E-state index contributed by atoms with van der Waals surface area (Å²) in [4.78, 5) is 9.17. The van der Waals surface area contributed by atoms with Gasteiger partial charge in [-0.2, -0.15) is 5.26 Å². The topological polar surface area (TPSA) is 49.6 Å². The number of halogens is 2. The third-order valence-corrected chi connectivity index (χ3v) is 4.75. The molecule has 0 amide bonds. The molecular formula is C18H19Cl2N3. The summed E-state index contributed by atoms with van der Waals surface area (Å²) in [5.74, 6) is 1.01. The molecule has 0 spiro atoms. The predicted molar refractivity (Wildman–Crippen MR) is 94.9 cm³/mol. The van der Waals surface area contributed by atoms with Gasteiger partial charge in [-0.05, 0) is 25.8 Å². The first-order valence-electron chi connectivity index (χ1n) is 7.76. The summed E-state index contributed by atoms with van der Waals surface area (Å²) in [5.41, 5.74) is 2.47. The molecule has 0 aliphatic carbocycles. The van der Waals surface area contributed by atoms with Gasteiger partial charge in [0.15, 0.2) is 5.69 Å². The summed E-state index contributed by atoms with van der Waals surface area (Å²) >= 11 is 12.4. The van der Waals surface area contributed by atoms with E-state index in [1.165, 1.54) is 0 Å². The Kier molecular flexibility index (Phi) is 5.98. The smallest absolute Gasteiger partial charge is 0.152 e. The summed E-state index contributed by atoms with van der Waals surface area (Å²) in [6, 6.07) is 7.56. The lowest BCUT2D eigenvalue weighted by molar-refractivity contribution is 0.562. The van der Waals surface area contributed by atoms with Gasteiger partial charge in [-0.1, -0.05) is 55.6 Å². The van der Waals surface area contributed by atoms with Gasteiger partial charge in [0.2, 0.25) is 0 Å². The van der Waals surface area contributed by atoms with Crippen molar-refractivity contribution in [1.29, 1.82) is 5.26 Å². The Labute approximate surface area is 147 Å². The number of nitrogens with zero attached hydrogens (tertiary/aromatic N) is 3. The second-order valence-electron chi connectivity index (χ2n) is 5.50. The van der Waals surface area contributed by atoms with Crippen molar-refractivity contribution < 1.29 is 0 Å². The van der Waals surface area contributed by atoms with Crippen molar-refractivity contribution in [2.24, 2.45) is 0 Å². The Hall–Kier alpha value is -1.63. The highest BCUT2D eigenvalue weighted by Crippen LogP contribution is 2.36. The molecule has 0 bridgehead atoms. The van der Waals surface area contributed by atoms with Gasteiger partial charge in [-0.3, -0.25) is 0 Å². The van der Waals surface area contributed by atoms with Gasteiger partial charge in [0, 0.05) is 17.0 Å². The van der Waals surface area contributed by atoms with Crippen LogP contribution in [0.5, 0.6) is 0 Å². The van der Waals surface area contributed by atoms with Crippen LogP contribution in [0.2, 0.25) is 10.0 Å². The summed E-state index contributed by atoms with van der Waals surface area (Å²) in [6.45, 7) is 6.14. The highest BCUT2D eigenvalue weighted by atomic mass is 35.5. The summed E-state index contributed by atoms with van der Waals surface area (Å²) < 4.78 is 0. The van der Waals surface area contributed by atoms with E-state index in [2.05, 4.69) is 29.9 Å². The minimum Gasteiger partial charge on any atom is -0.237 e. The molecule has 1 aromatic heterocycles. The molecule has 23 heavy (non-hydrogen) atoms. The van der Waals surface area contributed by atoms with Crippen LogP contribution in [0.15, 0.2) is 18.2 Å². The molecule has 0 radical (unpaired) electrons. The third-order valence-electron chi connectivity index (χ3n) is 3.93. The Morgan fingerprint density at radius 2 is 1.96 bits per heavy atom. The highest BCUT2D eigenvalue weighted by molar-refractivity contribution is 6.43. The molecule has 0 N–H and O–H groups in total. The van der Waals surface area contributed by atoms with Gasteiger partial charge in [-0.25, -0.2) is 9.97 Å². The van der Waals surface area contributed by atoms with Crippen LogP contribution in [0.4, 0.5) is 0 Å². The van der Waals surface area contributed by atoms with Crippen molar-refractivity contribution in [3.8, 4) is 17.2 Å². The number of rotatable bonds is 5. The van der Waals surface area contributed by atoms with Gasteiger partial charge in [0.25, 0.3) is 0 Å². The van der Waals surface area contributed by atoms with Gasteiger partial charge < -0.3 is 0 Å². The quantitative estimate of drug-likeness (QED) is 0.673. The van der Waals surface area contributed by atoms with E-state index >= 15 is 0 Å². The van der Waals surface area contributed by atoms with Crippen molar-refractivity contribution in [2.75, 3.05) is 0 Å². The van der Waals surface area contributed by atoms with Gasteiger partial charge >= 0.3 is 0 Å². The lowest BCUT2D eigenvalue weighted by Crippen LogP contribution is -2.08. The second-order valence-corrected chi connectivity index (χ2v) is 6.28. The fourth-order valence-corrected chi connectivity index (χ4v) is 3.14. The molecule has 0 saturated carbocycles. The molecule has 3 nitrogen and oxygen atoms in total. The number of hydrogen-bond donors (Lipinski definition) is 0. The Balaban J connectivity index is 2.63. The number of hydrogen-bond acceptors (Lipinski definition) is 3. The number of aromatic nitrogens is 2. The van der Waals surface area contributed by atoms with Gasteiger partial charge in [0.05, 0.1) is 15.7 Å².